The van der Waals surface area contributed by atoms with Crippen molar-refractivity contribution in [1.29, 1.82) is 0 Å². The van der Waals surface area contributed by atoms with Gasteiger partial charge in [-0.25, -0.2) is 0 Å². The number of carbonyl (C=O) groups is 1. The SMILES string of the molecule is CCN1[C@@H]2CC[C@H]1/C(=C\c1ccc(C)cc1)C(=O)/C2=C/c1ccc(C)cc1. The number of piperidine rings is 1. The summed E-state index contributed by atoms with van der Waals surface area (Å²) in [5.74, 6) is 0.230. The van der Waals surface area contributed by atoms with Gasteiger partial charge in [-0.15, -0.1) is 0 Å². The van der Waals surface area contributed by atoms with E-state index in [2.05, 4.69) is 86.4 Å². The smallest absolute Gasteiger partial charge is 0.188 e. The number of aryl methyl sites for hydroxylation is 2. The van der Waals surface area contributed by atoms with E-state index >= 15 is 0 Å². The molecule has 2 aromatic rings. The third kappa shape index (κ3) is 3.42. The van der Waals surface area contributed by atoms with Crippen LogP contribution < -0.4 is 0 Å². The fourth-order valence-electron chi connectivity index (χ4n) is 4.45. The number of rotatable bonds is 3. The van der Waals surface area contributed by atoms with Gasteiger partial charge in [0.25, 0.3) is 0 Å². The van der Waals surface area contributed by atoms with Crippen LogP contribution in [-0.2, 0) is 4.79 Å². The largest absolute Gasteiger partial charge is 0.289 e. The molecule has 2 aliphatic rings. The Morgan fingerprint density at radius 1 is 0.815 bits per heavy atom. The Balaban J connectivity index is 1.77. The molecule has 4 rings (SSSR count). The molecule has 2 heterocycles. The first-order chi connectivity index (χ1) is 13.1. The van der Waals surface area contributed by atoms with E-state index in [9.17, 15) is 4.79 Å². The Kier molecular flexibility index (Phi) is 4.84. The highest BCUT2D eigenvalue weighted by atomic mass is 16.1. The van der Waals surface area contributed by atoms with E-state index in [-0.39, 0.29) is 17.9 Å². The predicted molar refractivity (Wildman–Crippen MR) is 113 cm³/mol. The Morgan fingerprint density at radius 3 is 1.59 bits per heavy atom. The number of Topliss-reactive ketones (excluding diaryl/α,β-unsaturated/α-hetero) is 1. The number of hydrogen-bond acceptors (Lipinski definition) is 2. The number of carbonyl (C=O) groups excluding carboxylic acids is 1. The van der Waals surface area contributed by atoms with E-state index in [4.69, 9.17) is 0 Å². The van der Waals surface area contributed by atoms with Crippen molar-refractivity contribution in [1.82, 2.24) is 4.90 Å². The number of benzene rings is 2. The predicted octanol–water partition coefficient (Wildman–Crippen LogP) is 5.21. The second-order valence-electron chi connectivity index (χ2n) is 7.79. The molecule has 2 nitrogen and oxygen atoms in total. The molecule has 2 atom stereocenters. The van der Waals surface area contributed by atoms with Crippen LogP contribution in [0.25, 0.3) is 12.2 Å². The Hall–Kier alpha value is -2.45. The van der Waals surface area contributed by atoms with Crippen molar-refractivity contribution in [2.24, 2.45) is 0 Å². The summed E-state index contributed by atoms with van der Waals surface area (Å²) in [6, 6.07) is 17.4. The second kappa shape index (κ2) is 7.28. The van der Waals surface area contributed by atoms with E-state index in [0.717, 1.165) is 41.7 Å². The van der Waals surface area contributed by atoms with Gasteiger partial charge in [0.15, 0.2) is 5.78 Å². The van der Waals surface area contributed by atoms with Gasteiger partial charge in [0.2, 0.25) is 0 Å². The van der Waals surface area contributed by atoms with Crippen LogP contribution in [0.4, 0.5) is 0 Å². The van der Waals surface area contributed by atoms with Crippen LogP contribution in [0.3, 0.4) is 0 Å². The fraction of sp³-hybridized carbons (Fsp3) is 0.320. The van der Waals surface area contributed by atoms with Crippen molar-refractivity contribution < 1.29 is 4.79 Å². The van der Waals surface area contributed by atoms with E-state index < -0.39 is 0 Å². The Morgan fingerprint density at radius 2 is 1.22 bits per heavy atom. The maximum absolute atomic E-state index is 13.4. The van der Waals surface area contributed by atoms with Crippen LogP contribution in [0.5, 0.6) is 0 Å². The van der Waals surface area contributed by atoms with Gasteiger partial charge in [-0.05, 0) is 56.5 Å². The molecule has 0 saturated carbocycles. The Labute approximate surface area is 162 Å². The lowest BCUT2D eigenvalue weighted by Gasteiger charge is -2.36. The van der Waals surface area contributed by atoms with Gasteiger partial charge in [-0.2, -0.15) is 0 Å². The molecule has 2 saturated heterocycles. The third-order valence-corrected chi connectivity index (χ3v) is 5.92. The van der Waals surface area contributed by atoms with Crippen LogP contribution in [0.2, 0.25) is 0 Å². The van der Waals surface area contributed by atoms with Crippen LogP contribution >= 0.6 is 0 Å². The van der Waals surface area contributed by atoms with Crippen LogP contribution in [0.15, 0.2) is 59.7 Å². The van der Waals surface area contributed by atoms with Gasteiger partial charge in [0.05, 0.1) is 0 Å². The average molecular weight is 357 g/mol. The van der Waals surface area contributed by atoms with E-state index in [1.165, 1.54) is 11.1 Å². The van der Waals surface area contributed by atoms with Crippen molar-refractivity contribution in [2.75, 3.05) is 6.54 Å². The van der Waals surface area contributed by atoms with Crippen molar-refractivity contribution in [2.45, 2.75) is 45.7 Å². The minimum Gasteiger partial charge on any atom is -0.289 e. The zero-order valence-corrected chi connectivity index (χ0v) is 16.4. The van der Waals surface area contributed by atoms with Crippen molar-refractivity contribution >= 4 is 17.9 Å². The van der Waals surface area contributed by atoms with Gasteiger partial charge < -0.3 is 0 Å². The first-order valence-electron chi connectivity index (χ1n) is 9.94. The van der Waals surface area contributed by atoms with E-state index in [0.29, 0.717) is 0 Å². The quantitative estimate of drug-likeness (QED) is 0.703. The van der Waals surface area contributed by atoms with Gasteiger partial charge in [-0.3, -0.25) is 9.69 Å². The maximum atomic E-state index is 13.4. The molecule has 0 radical (unpaired) electrons. The molecule has 0 unspecified atom stereocenters. The molecule has 27 heavy (non-hydrogen) atoms. The first-order valence-corrected chi connectivity index (χ1v) is 9.94. The highest BCUT2D eigenvalue weighted by Gasteiger charge is 2.45. The highest BCUT2D eigenvalue weighted by molar-refractivity contribution is 6.16. The highest BCUT2D eigenvalue weighted by Crippen LogP contribution is 2.41. The minimum atomic E-state index is 0.230. The van der Waals surface area contributed by atoms with Gasteiger partial charge in [0.1, 0.15) is 0 Å². The molecule has 2 aliphatic heterocycles. The van der Waals surface area contributed by atoms with Crippen LogP contribution in [0, 0.1) is 13.8 Å². The summed E-state index contributed by atoms with van der Waals surface area (Å²) >= 11 is 0. The van der Waals surface area contributed by atoms with Gasteiger partial charge in [0, 0.05) is 23.2 Å². The first kappa shape index (κ1) is 17.9. The normalized spacial score (nSPS) is 25.5. The molecule has 0 aliphatic carbocycles. The Bertz CT molecular complexity index is 829. The molecule has 0 spiro atoms. The van der Waals surface area contributed by atoms with Crippen molar-refractivity contribution in [3.8, 4) is 0 Å². The monoisotopic (exact) mass is 357 g/mol. The number of fused-ring (bicyclic) bond motifs is 2. The number of hydrogen-bond donors (Lipinski definition) is 0. The van der Waals surface area contributed by atoms with Crippen molar-refractivity contribution in [3.63, 3.8) is 0 Å². The summed E-state index contributed by atoms with van der Waals surface area (Å²) in [6.45, 7) is 7.35. The zero-order valence-electron chi connectivity index (χ0n) is 16.4. The van der Waals surface area contributed by atoms with Crippen LogP contribution in [0.1, 0.15) is 42.0 Å². The molecule has 2 bridgehead atoms. The minimum absolute atomic E-state index is 0.230. The number of nitrogens with zero attached hydrogens (tertiary/aromatic N) is 1. The number of likely N-dealkylation sites (N-methyl/N-ethyl adjacent to an activating group) is 1. The number of ketones is 1. The molecule has 0 N–H and O–H groups in total. The summed E-state index contributed by atoms with van der Waals surface area (Å²) in [4.78, 5) is 15.9. The lowest BCUT2D eigenvalue weighted by Crippen LogP contribution is -2.46. The topological polar surface area (TPSA) is 20.3 Å². The summed E-state index contributed by atoms with van der Waals surface area (Å²) in [5, 5.41) is 0. The van der Waals surface area contributed by atoms with Crippen LogP contribution in [-0.4, -0.2) is 29.3 Å². The molecule has 0 aromatic heterocycles. The summed E-state index contributed by atoms with van der Waals surface area (Å²) in [5.41, 5.74) is 6.60. The standard InChI is InChI=1S/C25H27NO/c1-4-26-23-13-14-24(26)22(16-20-11-7-18(3)8-12-20)25(27)21(23)15-19-9-5-17(2)6-10-19/h5-12,15-16,23-24H,4,13-14H2,1-3H3/b21-15+,22-16+/t23-,24+. The van der Waals surface area contributed by atoms with E-state index in [1.54, 1.807) is 0 Å². The average Bonchev–Trinajstić information content (AvgIpc) is 3.04. The summed E-state index contributed by atoms with van der Waals surface area (Å²) in [6.07, 6.45) is 6.35. The third-order valence-electron chi connectivity index (χ3n) is 5.92. The van der Waals surface area contributed by atoms with Crippen molar-refractivity contribution in [3.05, 3.63) is 81.9 Å². The lowest BCUT2D eigenvalue weighted by molar-refractivity contribution is -0.114. The maximum Gasteiger partial charge on any atom is 0.188 e. The molecule has 138 valence electrons. The summed E-state index contributed by atoms with van der Waals surface area (Å²) in [7, 11) is 0. The van der Waals surface area contributed by atoms with Gasteiger partial charge >= 0.3 is 0 Å². The summed E-state index contributed by atoms with van der Waals surface area (Å²) < 4.78 is 0. The van der Waals surface area contributed by atoms with E-state index in [1.807, 2.05) is 0 Å². The zero-order chi connectivity index (χ0) is 19.0. The molecular formula is C25H27NO. The van der Waals surface area contributed by atoms with Gasteiger partial charge in [-0.1, -0.05) is 66.6 Å². The molecule has 2 heteroatoms. The molecular weight excluding hydrogens is 330 g/mol. The fourth-order valence-corrected chi connectivity index (χ4v) is 4.45. The molecule has 2 fully saturated rings. The molecule has 0 amide bonds. The lowest BCUT2D eigenvalue weighted by atomic mass is 9.88. The molecule has 2 aromatic carbocycles. The second-order valence-corrected chi connectivity index (χ2v) is 7.79.